The lowest BCUT2D eigenvalue weighted by Crippen LogP contribution is -2.17. The SMILES string of the molecule is Cc1cc(Oc2ccc(OC(F)(F)F)c(Br)c2)nc(N)n1. The largest absolute Gasteiger partial charge is 0.573 e. The summed E-state index contributed by atoms with van der Waals surface area (Å²) in [5.74, 6) is 0.139. The Morgan fingerprint density at radius 1 is 1.19 bits per heavy atom. The molecule has 0 radical (unpaired) electrons. The molecular weight excluding hydrogens is 355 g/mol. The van der Waals surface area contributed by atoms with Crippen molar-refractivity contribution < 1.29 is 22.6 Å². The maximum Gasteiger partial charge on any atom is 0.573 e. The first-order chi connectivity index (χ1) is 9.73. The number of benzene rings is 1. The van der Waals surface area contributed by atoms with E-state index in [1.165, 1.54) is 12.1 Å². The minimum absolute atomic E-state index is 0.0427. The predicted octanol–water partition coefficient (Wildman–Crippen LogP) is 3.82. The average Bonchev–Trinajstić information content (AvgIpc) is 2.30. The van der Waals surface area contributed by atoms with E-state index in [-0.39, 0.29) is 27.8 Å². The number of halogens is 4. The fraction of sp³-hybridized carbons (Fsp3) is 0.167. The molecule has 21 heavy (non-hydrogen) atoms. The van der Waals surface area contributed by atoms with Crippen LogP contribution in [0.2, 0.25) is 0 Å². The van der Waals surface area contributed by atoms with E-state index in [0.29, 0.717) is 5.69 Å². The number of ether oxygens (including phenoxy) is 2. The highest BCUT2D eigenvalue weighted by molar-refractivity contribution is 9.10. The van der Waals surface area contributed by atoms with Crippen LogP contribution >= 0.6 is 15.9 Å². The maximum atomic E-state index is 12.2. The Morgan fingerprint density at radius 3 is 2.48 bits per heavy atom. The molecule has 5 nitrogen and oxygen atoms in total. The Hall–Kier alpha value is -2.03. The van der Waals surface area contributed by atoms with Crippen LogP contribution in [0.1, 0.15) is 5.69 Å². The smallest absolute Gasteiger partial charge is 0.439 e. The van der Waals surface area contributed by atoms with Crippen LogP contribution in [0.3, 0.4) is 0 Å². The van der Waals surface area contributed by atoms with Gasteiger partial charge in [-0.05, 0) is 41.1 Å². The van der Waals surface area contributed by atoms with Crippen molar-refractivity contribution in [1.29, 1.82) is 0 Å². The lowest BCUT2D eigenvalue weighted by molar-refractivity contribution is -0.274. The van der Waals surface area contributed by atoms with Crippen LogP contribution in [0.5, 0.6) is 17.4 Å². The Kier molecular flexibility index (Phi) is 4.21. The molecule has 0 amide bonds. The van der Waals surface area contributed by atoms with Gasteiger partial charge in [-0.15, -0.1) is 13.2 Å². The highest BCUT2D eigenvalue weighted by Crippen LogP contribution is 2.34. The van der Waals surface area contributed by atoms with Crippen molar-refractivity contribution in [2.24, 2.45) is 0 Å². The van der Waals surface area contributed by atoms with Gasteiger partial charge in [0.15, 0.2) is 0 Å². The van der Waals surface area contributed by atoms with Gasteiger partial charge in [0.2, 0.25) is 11.8 Å². The molecule has 0 unspecified atom stereocenters. The molecule has 0 aliphatic carbocycles. The van der Waals surface area contributed by atoms with Crippen LogP contribution in [-0.4, -0.2) is 16.3 Å². The second-order valence-corrected chi connectivity index (χ2v) is 4.80. The van der Waals surface area contributed by atoms with Crippen molar-refractivity contribution in [3.05, 3.63) is 34.4 Å². The normalized spacial score (nSPS) is 11.3. The molecule has 0 saturated carbocycles. The van der Waals surface area contributed by atoms with Crippen molar-refractivity contribution in [3.63, 3.8) is 0 Å². The quantitative estimate of drug-likeness (QED) is 0.897. The van der Waals surface area contributed by atoms with Crippen molar-refractivity contribution in [1.82, 2.24) is 9.97 Å². The van der Waals surface area contributed by atoms with E-state index < -0.39 is 6.36 Å². The first-order valence-corrected chi connectivity index (χ1v) is 6.36. The van der Waals surface area contributed by atoms with E-state index in [0.717, 1.165) is 6.07 Å². The molecule has 0 fully saturated rings. The molecule has 1 heterocycles. The highest BCUT2D eigenvalue weighted by Gasteiger charge is 2.32. The fourth-order valence-corrected chi connectivity index (χ4v) is 1.93. The number of nitrogen functional groups attached to an aromatic ring is 1. The van der Waals surface area contributed by atoms with Crippen LogP contribution in [0.4, 0.5) is 19.1 Å². The van der Waals surface area contributed by atoms with Crippen molar-refractivity contribution in [3.8, 4) is 17.4 Å². The molecule has 112 valence electrons. The van der Waals surface area contributed by atoms with E-state index in [4.69, 9.17) is 10.5 Å². The number of nitrogens with zero attached hydrogens (tertiary/aromatic N) is 2. The molecule has 2 aromatic rings. The fourth-order valence-electron chi connectivity index (χ4n) is 1.49. The van der Waals surface area contributed by atoms with E-state index in [1.807, 2.05) is 0 Å². The minimum Gasteiger partial charge on any atom is -0.439 e. The zero-order valence-electron chi connectivity index (χ0n) is 10.6. The van der Waals surface area contributed by atoms with Gasteiger partial charge in [0, 0.05) is 11.8 Å². The summed E-state index contributed by atoms with van der Waals surface area (Å²) in [4.78, 5) is 7.74. The molecule has 0 atom stereocenters. The van der Waals surface area contributed by atoms with Gasteiger partial charge in [0.05, 0.1) is 4.47 Å². The van der Waals surface area contributed by atoms with Gasteiger partial charge in [0.25, 0.3) is 0 Å². The Bertz CT molecular complexity index is 644. The van der Waals surface area contributed by atoms with E-state index in [2.05, 4.69) is 30.6 Å². The number of aromatic nitrogens is 2. The third kappa shape index (κ3) is 4.48. The molecule has 1 aromatic heterocycles. The summed E-state index contributed by atoms with van der Waals surface area (Å²) in [6, 6.07) is 5.32. The topological polar surface area (TPSA) is 70.3 Å². The number of rotatable bonds is 3. The number of anilines is 1. The average molecular weight is 364 g/mol. The first-order valence-electron chi connectivity index (χ1n) is 5.57. The Labute approximate surface area is 126 Å². The molecule has 1 aromatic carbocycles. The van der Waals surface area contributed by atoms with Gasteiger partial charge in [-0.3, -0.25) is 0 Å². The van der Waals surface area contributed by atoms with Crippen molar-refractivity contribution in [2.75, 3.05) is 5.73 Å². The zero-order chi connectivity index (χ0) is 15.6. The Balaban J connectivity index is 2.20. The van der Waals surface area contributed by atoms with Crippen LogP contribution in [0, 0.1) is 6.92 Å². The highest BCUT2D eigenvalue weighted by atomic mass is 79.9. The summed E-state index contributed by atoms with van der Waals surface area (Å²) < 4.78 is 45.8. The number of hydrogen-bond acceptors (Lipinski definition) is 5. The molecular formula is C12H9BrF3N3O2. The molecule has 0 aliphatic heterocycles. The summed E-state index contributed by atoms with van der Waals surface area (Å²) in [5, 5.41) is 0. The standard InChI is InChI=1S/C12H9BrF3N3O2/c1-6-4-10(19-11(17)18-6)20-7-2-3-9(8(13)5-7)21-12(14,15)16/h2-5H,1H3,(H2,17,18,19). The van der Waals surface area contributed by atoms with Gasteiger partial charge >= 0.3 is 6.36 Å². The monoisotopic (exact) mass is 363 g/mol. The van der Waals surface area contributed by atoms with Gasteiger partial charge in [-0.2, -0.15) is 4.98 Å². The lowest BCUT2D eigenvalue weighted by atomic mass is 10.3. The third-order valence-corrected chi connectivity index (χ3v) is 2.82. The molecule has 0 bridgehead atoms. The molecule has 9 heteroatoms. The van der Waals surface area contributed by atoms with Crippen molar-refractivity contribution in [2.45, 2.75) is 13.3 Å². The summed E-state index contributed by atoms with van der Waals surface area (Å²) in [5.41, 5.74) is 6.09. The van der Waals surface area contributed by atoms with Gasteiger partial charge in [0.1, 0.15) is 11.5 Å². The van der Waals surface area contributed by atoms with Gasteiger partial charge in [-0.1, -0.05) is 0 Å². The first kappa shape index (κ1) is 15.4. The predicted molar refractivity (Wildman–Crippen MR) is 72.1 cm³/mol. The molecule has 2 rings (SSSR count). The number of hydrogen-bond donors (Lipinski definition) is 1. The lowest BCUT2D eigenvalue weighted by Gasteiger charge is -2.12. The third-order valence-electron chi connectivity index (χ3n) is 2.20. The van der Waals surface area contributed by atoms with Crippen molar-refractivity contribution >= 4 is 21.9 Å². The van der Waals surface area contributed by atoms with E-state index >= 15 is 0 Å². The summed E-state index contributed by atoms with van der Waals surface area (Å²) >= 11 is 2.98. The van der Waals surface area contributed by atoms with Gasteiger partial charge in [-0.25, -0.2) is 4.98 Å². The van der Waals surface area contributed by atoms with Gasteiger partial charge < -0.3 is 15.2 Å². The molecule has 0 spiro atoms. The van der Waals surface area contributed by atoms with E-state index in [1.54, 1.807) is 13.0 Å². The molecule has 0 aliphatic rings. The maximum absolute atomic E-state index is 12.2. The minimum atomic E-state index is -4.76. The zero-order valence-corrected chi connectivity index (χ0v) is 12.2. The summed E-state index contributed by atoms with van der Waals surface area (Å²) in [6.07, 6.45) is -4.76. The summed E-state index contributed by atoms with van der Waals surface area (Å²) in [7, 11) is 0. The van der Waals surface area contributed by atoms with Crippen LogP contribution in [0.25, 0.3) is 0 Å². The second kappa shape index (κ2) is 5.76. The van der Waals surface area contributed by atoms with Crippen LogP contribution in [0.15, 0.2) is 28.7 Å². The number of nitrogens with two attached hydrogens (primary N) is 1. The molecule has 2 N–H and O–H groups in total. The molecule has 0 saturated heterocycles. The Morgan fingerprint density at radius 2 is 1.90 bits per heavy atom. The second-order valence-electron chi connectivity index (χ2n) is 3.95. The number of alkyl halides is 3. The summed E-state index contributed by atoms with van der Waals surface area (Å²) in [6.45, 7) is 1.71. The van der Waals surface area contributed by atoms with Crippen LogP contribution in [-0.2, 0) is 0 Å². The number of aryl methyl sites for hydroxylation is 1. The van der Waals surface area contributed by atoms with E-state index in [9.17, 15) is 13.2 Å². The van der Waals surface area contributed by atoms with Crippen LogP contribution < -0.4 is 15.2 Å².